The third kappa shape index (κ3) is 3.90. The summed E-state index contributed by atoms with van der Waals surface area (Å²) in [6, 6.07) is 14.1. The number of aromatic nitrogens is 4. The van der Waals surface area contributed by atoms with Gasteiger partial charge in [0.25, 0.3) is 5.56 Å². The van der Waals surface area contributed by atoms with Crippen molar-refractivity contribution in [2.45, 2.75) is 30.8 Å². The van der Waals surface area contributed by atoms with Crippen LogP contribution in [0.1, 0.15) is 18.9 Å². The second-order valence-corrected chi connectivity index (χ2v) is 7.46. The van der Waals surface area contributed by atoms with Crippen molar-refractivity contribution < 1.29 is 9.13 Å². The summed E-state index contributed by atoms with van der Waals surface area (Å²) in [4.78, 5) is 13.0. The lowest BCUT2D eigenvalue weighted by molar-refractivity contribution is 0.141. The van der Waals surface area contributed by atoms with E-state index in [2.05, 4.69) is 10.2 Å². The van der Waals surface area contributed by atoms with Gasteiger partial charge in [0, 0.05) is 25.5 Å². The zero-order valence-corrected chi connectivity index (χ0v) is 16.9. The molecule has 2 heterocycles. The second-order valence-electron chi connectivity index (χ2n) is 6.52. The number of hydrogen-bond donors (Lipinski definition) is 0. The summed E-state index contributed by atoms with van der Waals surface area (Å²) in [6.07, 6.45) is 0.701. The van der Waals surface area contributed by atoms with Crippen LogP contribution in [0, 0.1) is 5.82 Å². The largest absolute Gasteiger partial charge is 0.382 e. The number of rotatable bonds is 8. The Hall–Kier alpha value is -2.71. The van der Waals surface area contributed by atoms with Gasteiger partial charge in [-0.15, -0.1) is 10.2 Å². The molecule has 0 radical (unpaired) electrons. The summed E-state index contributed by atoms with van der Waals surface area (Å²) < 4.78 is 22.9. The fourth-order valence-corrected chi connectivity index (χ4v) is 4.18. The first-order chi connectivity index (χ1) is 14.2. The number of halogens is 1. The molecule has 0 unspecified atom stereocenters. The Balaban J connectivity index is 1.76. The molecule has 0 N–H and O–H groups in total. The van der Waals surface area contributed by atoms with Crippen LogP contribution >= 0.6 is 11.8 Å². The van der Waals surface area contributed by atoms with Crippen molar-refractivity contribution in [2.24, 2.45) is 0 Å². The average molecular weight is 412 g/mol. The van der Waals surface area contributed by atoms with Gasteiger partial charge in [-0.05, 0) is 37.1 Å². The number of benzene rings is 2. The first kappa shape index (κ1) is 19.6. The highest BCUT2D eigenvalue weighted by molar-refractivity contribution is 7.98. The molecule has 2 aromatic carbocycles. The highest BCUT2D eigenvalue weighted by Gasteiger charge is 2.17. The molecule has 0 aliphatic rings. The Morgan fingerprint density at radius 3 is 2.72 bits per heavy atom. The fourth-order valence-electron chi connectivity index (χ4n) is 3.26. The molecule has 0 saturated heterocycles. The van der Waals surface area contributed by atoms with E-state index in [1.165, 1.54) is 17.8 Å². The quantitative estimate of drug-likeness (QED) is 0.324. The van der Waals surface area contributed by atoms with E-state index in [1.54, 1.807) is 16.7 Å². The molecule has 0 atom stereocenters. The number of nitrogens with zero attached hydrogens (tertiary/aromatic N) is 4. The summed E-state index contributed by atoms with van der Waals surface area (Å²) >= 11 is 1.39. The van der Waals surface area contributed by atoms with Crippen LogP contribution in [0.4, 0.5) is 4.39 Å². The van der Waals surface area contributed by atoms with Crippen molar-refractivity contribution in [3.63, 3.8) is 0 Å². The van der Waals surface area contributed by atoms with Gasteiger partial charge < -0.3 is 4.74 Å². The van der Waals surface area contributed by atoms with E-state index in [0.29, 0.717) is 53.8 Å². The SMILES string of the molecule is CCOCCCn1c(=O)c2ccccc2n2c(SCc3ccccc3F)nnc12. The predicted molar refractivity (Wildman–Crippen MR) is 112 cm³/mol. The predicted octanol–water partition coefficient (Wildman–Crippen LogP) is 3.90. The molecule has 0 bridgehead atoms. The maximum absolute atomic E-state index is 14.0. The van der Waals surface area contributed by atoms with Gasteiger partial charge in [-0.25, -0.2) is 4.39 Å². The van der Waals surface area contributed by atoms with Crippen LogP contribution in [0.2, 0.25) is 0 Å². The molecule has 0 fully saturated rings. The van der Waals surface area contributed by atoms with Gasteiger partial charge in [0.15, 0.2) is 5.16 Å². The Kier molecular flexibility index (Phi) is 5.92. The molecule has 8 heteroatoms. The summed E-state index contributed by atoms with van der Waals surface area (Å²) in [5.41, 5.74) is 1.25. The highest BCUT2D eigenvalue weighted by atomic mass is 32.2. The lowest BCUT2D eigenvalue weighted by Gasteiger charge is -2.11. The Bertz CT molecular complexity index is 1200. The minimum Gasteiger partial charge on any atom is -0.382 e. The minimum absolute atomic E-state index is 0.0948. The zero-order valence-electron chi connectivity index (χ0n) is 16.0. The molecular weight excluding hydrogens is 391 g/mol. The molecule has 2 aromatic heterocycles. The lowest BCUT2D eigenvalue weighted by Crippen LogP contribution is -2.24. The maximum Gasteiger partial charge on any atom is 0.262 e. The fraction of sp³-hybridized carbons (Fsp3) is 0.286. The molecule has 0 amide bonds. The summed E-state index contributed by atoms with van der Waals surface area (Å²) in [5, 5.41) is 9.81. The smallest absolute Gasteiger partial charge is 0.262 e. The summed E-state index contributed by atoms with van der Waals surface area (Å²) in [7, 11) is 0. The molecule has 0 saturated carbocycles. The monoisotopic (exact) mass is 412 g/mol. The van der Waals surface area contributed by atoms with Gasteiger partial charge in [-0.1, -0.05) is 42.1 Å². The van der Waals surface area contributed by atoms with Crippen molar-refractivity contribution in [2.75, 3.05) is 13.2 Å². The molecule has 29 heavy (non-hydrogen) atoms. The molecule has 150 valence electrons. The van der Waals surface area contributed by atoms with Crippen LogP contribution < -0.4 is 5.56 Å². The van der Waals surface area contributed by atoms with E-state index in [-0.39, 0.29) is 11.4 Å². The molecular formula is C21H21FN4O2S. The maximum atomic E-state index is 14.0. The van der Waals surface area contributed by atoms with E-state index in [1.807, 2.05) is 41.7 Å². The number of aryl methyl sites for hydroxylation is 1. The van der Waals surface area contributed by atoms with Crippen molar-refractivity contribution in [1.29, 1.82) is 0 Å². The molecule has 4 aromatic rings. The van der Waals surface area contributed by atoms with Crippen LogP contribution in [0.25, 0.3) is 16.7 Å². The number of hydrogen-bond acceptors (Lipinski definition) is 5. The van der Waals surface area contributed by atoms with Crippen molar-refractivity contribution in [3.05, 3.63) is 70.3 Å². The highest BCUT2D eigenvalue weighted by Crippen LogP contribution is 2.25. The van der Waals surface area contributed by atoms with E-state index in [9.17, 15) is 9.18 Å². The van der Waals surface area contributed by atoms with Gasteiger partial charge in [0.05, 0.1) is 10.9 Å². The van der Waals surface area contributed by atoms with Gasteiger partial charge in [-0.3, -0.25) is 13.8 Å². The number of para-hydroxylation sites is 1. The van der Waals surface area contributed by atoms with Crippen molar-refractivity contribution in [3.8, 4) is 0 Å². The van der Waals surface area contributed by atoms with Crippen LogP contribution in [-0.2, 0) is 17.0 Å². The van der Waals surface area contributed by atoms with E-state index >= 15 is 0 Å². The number of thioether (sulfide) groups is 1. The van der Waals surface area contributed by atoms with Crippen LogP contribution in [0.15, 0.2) is 58.5 Å². The summed E-state index contributed by atoms with van der Waals surface area (Å²) in [6.45, 7) is 3.65. The van der Waals surface area contributed by atoms with Gasteiger partial charge in [0.1, 0.15) is 5.82 Å². The van der Waals surface area contributed by atoms with E-state index in [4.69, 9.17) is 4.74 Å². The Morgan fingerprint density at radius 2 is 1.90 bits per heavy atom. The Labute approximate surface area is 171 Å². The normalized spacial score (nSPS) is 11.5. The average Bonchev–Trinajstić information content (AvgIpc) is 3.16. The number of ether oxygens (including phenoxy) is 1. The molecule has 0 aliphatic carbocycles. The minimum atomic E-state index is -0.244. The van der Waals surface area contributed by atoms with Gasteiger partial charge >= 0.3 is 0 Å². The first-order valence-electron chi connectivity index (χ1n) is 9.51. The number of fused-ring (bicyclic) bond motifs is 3. The third-order valence-corrected chi connectivity index (χ3v) is 5.65. The standard InChI is InChI=1S/C21H21FN4O2S/c1-2-28-13-7-12-25-19(27)16-9-4-6-11-18(16)26-20(25)23-24-21(26)29-14-15-8-3-5-10-17(15)22/h3-6,8-11H,2,7,12-14H2,1H3. The molecule has 0 aliphatic heterocycles. The van der Waals surface area contributed by atoms with Crippen LogP contribution in [-0.4, -0.2) is 32.4 Å². The van der Waals surface area contributed by atoms with E-state index < -0.39 is 0 Å². The molecule has 0 spiro atoms. The topological polar surface area (TPSA) is 61.4 Å². The second kappa shape index (κ2) is 8.75. The van der Waals surface area contributed by atoms with Crippen molar-refractivity contribution >= 4 is 28.4 Å². The summed E-state index contributed by atoms with van der Waals surface area (Å²) in [5.74, 6) is 0.665. The van der Waals surface area contributed by atoms with Gasteiger partial charge in [-0.2, -0.15) is 0 Å². The van der Waals surface area contributed by atoms with Crippen LogP contribution in [0.5, 0.6) is 0 Å². The third-order valence-electron chi connectivity index (χ3n) is 4.67. The Morgan fingerprint density at radius 1 is 1.10 bits per heavy atom. The molecule has 6 nitrogen and oxygen atoms in total. The van der Waals surface area contributed by atoms with Crippen LogP contribution in [0.3, 0.4) is 0 Å². The zero-order chi connectivity index (χ0) is 20.2. The van der Waals surface area contributed by atoms with E-state index in [0.717, 1.165) is 5.52 Å². The van der Waals surface area contributed by atoms with Crippen molar-refractivity contribution in [1.82, 2.24) is 19.2 Å². The lowest BCUT2D eigenvalue weighted by atomic mass is 10.2. The first-order valence-corrected chi connectivity index (χ1v) is 10.5. The molecule has 4 rings (SSSR count). The van der Waals surface area contributed by atoms with Gasteiger partial charge in [0.2, 0.25) is 5.78 Å².